The average molecular weight is 336 g/mol. The van der Waals surface area contributed by atoms with Crippen LogP contribution in [-0.2, 0) is 14.3 Å². The molecule has 0 aliphatic carbocycles. The van der Waals surface area contributed by atoms with Gasteiger partial charge in [0.1, 0.15) is 5.75 Å². The zero-order valence-corrected chi connectivity index (χ0v) is 13.8. The summed E-state index contributed by atoms with van der Waals surface area (Å²) in [7, 11) is 1.59. The lowest BCUT2D eigenvalue weighted by molar-refractivity contribution is -0.129. The first-order chi connectivity index (χ1) is 12.0. The molecule has 1 aliphatic heterocycles. The molecule has 1 amide bonds. The highest BCUT2D eigenvalue weighted by atomic mass is 16.6. The van der Waals surface area contributed by atoms with Crippen LogP contribution in [0.1, 0.15) is 18.1 Å². The Kier molecular flexibility index (Phi) is 4.61. The largest absolute Gasteiger partial charge is 0.497 e. The number of ether oxygens (including phenoxy) is 2. The fraction of sp³-hybridized carbons (Fsp3) is 0.105. The third kappa shape index (κ3) is 3.92. The van der Waals surface area contributed by atoms with E-state index in [1.54, 1.807) is 49.6 Å². The van der Waals surface area contributed by atoms with E-state index in [2.05, 4.69) is 10.3 Å². The predicted molar refractivity (Wildman–Crippen MR) is 94.3 cm³/mol. The maximum absolute atomic E-state index is 12.0. The first-order valence-electron chi connectivity index (χ1n) is 7.60. The number of hydrogen-bond acceptors (Lipinski definition) is 5. The molecule has 0 saturated heterocycles. The first-order valence-corrected chi connectivity index (χ1v) is 7.60. The van der Waals surface area contributed by atoms with Crippen LogP contribution in [0.25, 0.3) is 6.08 Å². The van der Waals surface area contributed by atoms with Crippen LogP contribution in [0.3, 0.4) is 0 Å². The van der Waals surface area contributed by atoms with E-state index < -0.39 is 5.97 Å². The molecule has 2 aromatic rings. The molecular weight excluding hydrogens is 320 g/mol. The van der Waals surface area contributed by atoms with E-state index in [0.717, 1.165) is 11.3 Å². The second-order valence-electron chi connectivity index (χ2n) is 5.37. The van der Waals surface area contributed by atoms with Gasteiger partial charge in [0.25, 0.3) is 0 Å². The molecular formula is C19H16N2O4. The lowest BCUT2D eigenvalue weighted by atomic mass is 10.2. The molecule has 3 rings (SSSR count). The second-order valence-corrected chi connectivity index (χ2v) is 5.37. The fourth-order valence-corrected chi connectivity index (χ4v) is 2.29. The van der Waals surface area contributed by atoms with E-state index in [1.807, 2.05) is 12.1 Å². The minimum Gasteiger partial charge on any atom is -0.497 e. The molecule has 0 saturated carbocycles. The highest BCUT2D eigenvalue weighted by molar-refractivity contribution is 6.13. The number of aliphatic imine (C=N–C) groups is 1. The van der Waals surface area contributed by atoms with Crippen LogP contribution in [-0.4, -0.2) is 24.9 Å². The van der Waals surface area contributed by atoms with Crippen molar-refractivity contribution >= 4 is 29.5 Å². The van der Waals surface area contributed by atoms with Gasteiger partial charge in [0.05, 0.1) is 7.11 Å². The molecule has 2 aromatic carbocycles. The van der Waals surface area contributed by atoms with Crippen LogP contribution in [0.15, 0.2) is 59.2 Å². The monoisotopic (exact) mass is 336 g/mol. The highest BCUT2D eigenvalue weighted by Crippen LogP contribution is 2.21. The Bertz CT molecular complexity index is 865. The van der Waals surface area contributed by atoms with Gasteiger partial charge in [0.2, 0.25) is 11.8 Å². The lowest BCUT2D eigenvalue weighted by Gasteiger charge is -2.03. The van der Waals surface area contributed by atoms with Gasteiger partial charge in [-0.2, -0.15) is 0 Å². The van der Waals surface area contributed by atoms with Gasteiger partial charge in [-0.25, -0.2) is 9.79 Å². The number of methoxy groups -OCH3 is 1. The number of benzene rings is 2. The lowest BCUT2D eigenvalue weighted by Crippen LogP contribution is -2.07. The summed E-state index contributed by atoms with van der Waals surface area (Å²) in [5.41, 5.74) is 2.36. The van der Waals surface area contributed by atoms with E-state index in [1.165, 1.54) is 6.92 Å². The van der Waals surface area contributed by atoms with Gasteiger partial charge in [-0.05, 0) is 48.0 Å². The molecule has 0 fully saturated rings. The summed E-state index contributed by atoms with van der Waals surface area (Å²) in [6.07, 6.45) is 1.65. The topological polar surface area (TPSA) is 77.0 Å². The molecule has 0 bridgehead atoms. The van der Waals surface area contributed by atoms with Crippen LogP contribution < -0.4 is 10.1 Å². The number of cyclic esters (lactones) is 1. The van der Waals surface area contributed by atoms with Crippen LogP contribution in [0.2, 0.25) is 0 Å². The molecule has 1 heterocycles. The summed E-state index contributed by atoms with van der Waals surface area (Å²) in [6, 6.07) is 14.2. The number of anilines is 1. The third-order valence-corrected chi connectivity index (χ3v) is 3.49. The minimum atomic E-state index is -0.503. The summed E-state index contributed by atoms with van der Waals surface area (Å²) >= 11 is 0. The van der Waals surface area contributed by atoms with Gasteiger partial charge in [-0.1, -0.05) is 12.1 Å². The fourth-order valence-electron chi connectivity index (χ4n) is 2.29. The quantitative estimate of drug-likeness (QED) is 0.688. The Morgan fingerprint density at radius 3 is 2.40 bits per heavy atom. The molecule has 0 unspecified atom stereocenters. The molecule has 0 aromatic heterocycles. The number of carbonyl (C=O) groups excluding carboxylic acids is 2. The van der Waals surface area contributed by atoms with Crippen molar-refractivity contribution < 1.29 is 19.1 Å². The smallest absolute Gasteiger partial charge is 0.363 e. The van der Waals surface area contributed by atoms with Crippen LogP contribution in [0.4, 0.5) is 5.69 Å². The average Bonchev–Trinajstić information content (AvgIpc) is 2.96. The van der Waals surface area contributed by atoms with Crippen molar-refractivity contribution in [1.29, 1.82) is 0 Å². The van der Waals surface area contributed by atoms with E-state index >= 15 is 0 Å². The highest BCUT2D eigenvalue weighted by Gasteiger charge is 2.24. The van der Waals surface area contributed by atoms with E-state index in [-0.39, 0.29) is 17.5 Å². The van der Waals surface area contributed by atoms with Gasteiger partial charge < -0.3 is 14.8 Å². The summed E-state index contributed by atoms with van der Waals surface area (Å²) in [5.74, 6) is 0.317. The zero-order valence-electron chi connectivity index (χ0n) is 13.8. The molecule has 25 heavy (non-hydrogen) atoms. The zero-order chi connectivity index (χ0) is 17.8. The van der Waals surface area contributed by atoms with Crippen LogP contribution in [0.5, 0.6) is 5.75 Å². The van der Waals surface area contributed by atoms with Crippen molar-refractivity contribution in [1.82, 2.24) is 0 Å². The van der Waals surface area contributed by atoms with E-state index in [9.17, 15) is 9.59 Å². The van der Waals surface area contributed by atoms with Crippen molar-refractivity contribution in [3.8, 4) is 5.75 Å². The molecule has 6 nitrogen and oxygen atoms in total. The maximum Gasteiger partial charge on any atom is 0.363 e. The number of hydrogen-bond donors (Lipinski definition) is 1. The molecule has 0 atom stereocenters. The summed E-state index contributed by atoms with van der Waals surface area (Å²) in [5, 5.41) is 2.67. The maximum atomic E-state index is 12.0. The Hall–Kier alpha value is -3.41. The van der Waals surface area contributed by atoms with Gasteiger partial charge >= 0.3 is 5.97 Å². The van der Waals surface area contributed by atoms with Crippen molar-refractivity contribution in [3.05, 3.63) is 65.4 Å². The normalized spacial score (nSPS) is 14.9. The molecule has 6 heteroatoms. The van der Waals surface area contributed by atoms with Gasteiger partial charge in [-0.3, -0.25) is 4.79 Å². The Balaban J connectivity index is 1.81. The van der Waals surface area contributed by atoms with Crippen LogP contribution in [0, 0.1) is 0 Å². The van der Waals surface area contributed by atoms with Crippen molar-refractivity contribution in [2.75, 3.05) is 12.4 Å². The number of esters is 1. The number of nitrogens with zero attached hydrogens (tertiary/aromatic N) is 1. The number of amides is 1. The summed E-state index contributed by atoms with van der Waals surface area (Å²) in [6.45, 7) is 1.44. The van der Waals surface area contributed by atoms with Gasteiger partial charge in [0.15, 0.2) is 5.70 Å². The molecule has 0 radical (unpaired) electrons. The Morgan fingerprint density at radius 2 is 1.80 bits per heavy atom. The predicted octanol–water partition coefficient (Wildman–Crippen LogP) is 3.00. The number of nitrogens with one attached hydrogen (secondary N) is 1. The molecule has 1 aliphatic rings. The first kappa shape index (κ1) is 16.4. The van der Waals surface area contributed by atoms with Crippen molar-refractivity contribution in [2.24, 2.45) is 4.99 Å². The molecule has 0 spiro atoms. The standard InChI is InChI=1S/C19H16N2O4/c1-12(22)20-15-7-5-14(6-8-15)18-21-17(19(23)25-18)11-13-3-9-16(24-2)10-4-13/h3-11H,1-2H3,(H,20,22). The molecule has 126 valence electrons. The van der Waals surface area contributed by atoms with Gasteiger partial charge in [-0.15, -0.1) is 0 Å². The Labute approximate surface area is 144 Å². The minimum absolute atomic E-state index is 0.151. The SMILES string of the molecule is COc1ccc(C=C2N=C(c3ccc(NC(C)=O)cc3)OC2=O)cc1. The van der Waals surface area contributed by atoms with Gasteiger partial charge in [0, 0.05) is 18.2 Å². The van der Waals surface area contributed by atoms with Crippen LogP contribution >= 0.6 is 0 Å². The Morgan fingerprint density at radius 1 is 1.12 bits per heavy atom. The van der Waals surface area contributed by atoms with Crippen molar-refractivity contribution in [3.63, 3.8) is 0 Å². The third-order valence-electron chi connectivity index (χ3n) is 3.49. The number of carbonyl (C=O) groups is 2. The van der Waals surface area contributed by atoms with E-state index in [4.69, 9.17) is 9.47 Å². The van der Waals surface area contributed by atoms with E-state index in [0.29, 0.717) is 11.3 Å². The number of rotatable bonds is 4. The summed E-state index contributed by atoms with van der Waals surface area (Å²) in [4.78, 5) is 27.3. The second kappa shape index (κ2) is 7.00. The van der Waals surface area contributed by atoms with Crippen molar-refractivity contribution in [2.45, 2.75) is 6.92 Å². The summed E-state index contributed by atoms with van der Waals surface area (Å²) < 4.78 is 10.3. The molecule has 1 N–H and O–H groups in total.